The van der Waals surface area contributed by atoms with Gasteiger partial charge in [-0.1, -0.05) is 23.9 Å². The summed E-state index contributed by atoms with van der Waals surface area (Å²) in [4.78, 5) is 29.5. The maximum Gasteiger partial charge on any atom is 0.254 e. The first kappa shape index (κ1) is 20.9. The number of amides is 2. The van der Waals surface area contributed by atoms with Gasteiger partial charge in [0.15, 0.2) is 16.1 Å². The minimum Gasteiger partial charge on any atom is -0.345 e. The summed E-state index contributed by atoms with van der Waals surface area (Å²) in [5.41, 5.74) is 0.863. The number of rotatable bonds is 7. The molecule has 0 saturated carbocycles. The van der Waals surface area contributed by atoms with E-state index in [1.807, 2.05) is 13.8 Å². The first-order valence-electron chi connectivity index (χ1n) is 8.63. The molecule has 0 atom stereocenters. The maximum atomic E-state index is 13.7. The zero-order valence-electron chi connectivity index (χ0n) is 16.0. The van der Waals surface area contributed by atoms with Crippen LogP contribution in [0.1, 0.15) is 26.8 Å². The quantitative estimate of drug-likeness (QED) is 0.555. The van der Waals surface area contributed by atoms with Crippen LogP contribution in [0.15, 0.2) is 29.4 Å². The summed E-state index contributed by atoms with van der Waals surface area (Å²) in [6.07, 6.45) is 0. The Labute approximate surface area is 174 Å². The Bertz CT molecular complexity index is 1030. The van der Waals surface area contributed by atoms with Gasteiger partial charge in [-0.15, -0.1) is 21.5 Å². The number of halogens is 1. The highest BCUT2D eigenvalue weighted by atomic mass is 32.2. The van der Waals surface area contributed by atoms with E-state index in [0.717, 1.165) is 10.6 Å². The number of hydrogen-bond donors (Lipinski definition) is 2. The van der Waals surface area contributed by atoms with Gasteiger partial charge in [-0.2, -0.15) is 0 Å². The zero-order valence-corrected chi connectivity index (χ0v) is 17.7. The SMILES string of the molecule is Cc1nc(NC(=O)CSc2nnc(CNC(=O)c3ccccc3F)n2C)sc1C. The molecule has 0 spiro atoms. The van der Waals surface area contributed by atoms with Crippen molar-refractivity contribution in [2.75, 3.05) is 11.1 Å². The van der Waals surface area contributed by atoms with Gasteiger partial charge >= 0.3 is 0 Å². The normalized spacial score (nSPS) is 10.8. The van der Waals surface area contributed by atoms with Crippen LogP contribution in [-0.4, -0.2) is 37.3 Å². The molecule has 2 amide bonds. The number of thioether (sulfide) groups is 1. The van der Waals surface area contributed by atoms with Crippen molar-refractivity contribution in [1.29, 1.82) is 0 Å². The summed E-state index contributed by atoms with van der Waals surface area (Å²) in [7, 11) is 1.73. The summed E-state index contributed by atoms with van der Waals surface area (Å²) in [6.45, 7) is 3.92. The molecule has 3 aromatic rings. The van der Waals surface area contributed by atoms with Crippen LogP contribution in [0.5, 0.6) is 0 Å². The third-order valence-electron chi connectivity index (χ3n) is 4.06. The van der Waals surface area contributed by atoms with E-state index < -0.39 is 11.7 Å². The number of anilines is 1. The molecule has 0 aliphatic rings. The van der Waals surface area contributed by atoms with Crippen LogP contribution in [0.2, 0.25) is 0 Å². The molecule has 0 aliphatic carbocycles. The van der Waals surface area contributed by atoms with Crippen molar-refractivity contribution in [2.24, 2.45) is 7.05 Å². The van der Waals surface area contributed by atoms with E-state index >= 15 is 0 Å². The monoisotopic (exact) mass is 434 g/mol. The van der Waals surface area contributed by atoms with Gasteiger partial charge in [-0.05, 0) is 26.0 Å². The van der Waals surface area contributed by atoms with E-state index in [4.69, 9.17) is 0 Å². The summed E-state index contributed by atoms with van der Waals surface area (Å²) >= 11 is 2.65. The van der Waals surface area contributed by atoms with Crippen LogP contribution in [-0.2, 0) is 18.4 Å². The summed E-state index contributed by atoms with van der Waals surface area (Å²) in [5.74, 6) is -0.680. The first-order chi connectivity index (χ1) is 13.8. The Morgan fingerprint density at radius 1 is 1.24 bits per heavy atom. The van der Waals surface area contributed by atoms with Crippen LogP contribution in [0, 0.1) is 19.7 Å². The lowest BCUT2D eigenvalue weighted by atomic mass is 10.2. The van der Waals surface area contributed by atoms with Gasteiger partial charge in [-0.3, -0.25) is 9.59 Å². The average molecular weight is 435 g/mol. The van der Waals surface area contributed by atoms with Gasteiger partial charge in [0.1, 0.15) is 5.82 Å². The molecule has 152 valence electrons. The Morgan fingerprint density at radius 3 is 2.69 bits per heavy atom. The van der Waals surface area contributed by atoms with E-state index in [1.165, 1.54) is 41.3 Å². The fourth-order valence-electron chi connectivity index (χ4n) is 2.34. The molecule has 8 nitrogen and oxygen atoms in total. The van der Waals surface area contributed by atoms with Gasteiger partial charge in [0.05, 0.1) is 23.6 Å². The number of aryl methyl sites for hydroxylation is 2. The second-order valence-electron chi connectivity index (χ2n) is 6.12. The minimum absolute atomic E-state index is 0.0337. The molecule has 0 bridgehead atoms. The predicted molar refractivity (Wildman–Crippen MR) is 110 cm³/mol. The smallest absolute Gasteiger partial charge is 0.254 e. The highest BCUT2D eigenvalue weighted by Gasteiger charge is 2.15. The second-order valence-corrected chi connectivity index (χ2v) is 8.26. The molecule has 3 rings (SSSR count). The lowest BCUT2D eigenvalue weighted by Gasteiger charge is -2.06. The standard InChI is InChI=1S/C18H19FN6O2S2/c1-10-11(2)29-17(21-10)22-15(26)9-28-18-24-23-14(25(18)3)8-20-16(27)12-6-4-5-7-13(12)19/h4-7H,8-9H2,1-3H3,(H,20,27)(H,21,22,26). The van der Waals surface area contributed by atoms with Crippen molar-refractivity contribution >= 4 is 40.0 Å². The van der Waals surface area contributed by atoms with Gasteiger partial charge in [0.25, 0.3) is 5.91 Å². The van der Waals surface area contributed by atoms with Gasteiger partial charge in [0, 0.05) is 11.9 Å². The molecule has 1 aromatic carbocycles. The zero-order chi connectivity index (χ0) is 21.0. The van der Waals surface area contributed by atoms with E-state index in [1.54, 1.807) is 17.7 Å². The Balaban J connectivity index is 1.53. The summed E-state index contributed by atoms with van der Waals surface area (Å²) in [5, 5.41) is 14.5. The number of nitrogens with zero attached hydrogens (tertiary/aromatic N) is 4. The molecular formula is C18H19FN6O2S2. The second kappa shape index (κ2) is 9.14. The molecule has 0 saturated heterocycles. The molecule has 0 aliphatic heterocycles. The highest BCUT2D eigenvalue weighted by molar-refractivity contribution is 7.99. The van der Waals surface area contributed by atoms with Crippen LogP contribution < -0.4 is 10.6 Å². The molecule has 2 N–H and O–H groups in total. The van der Waals surface area contributed by atoms with Crippen molar-refractivity contribution in [1.82, 2.24) is 25.1 Å². The molecule has 11 heteroatoms. The van der Waals surface area contributed by atoms with E-state index in [-0.39, 0.29) is 23.8 Å². The number of hydrogen-bond acceptors (Lipinski definition) is 7. The lowest BCUT2D eigenvalue weighted by molar-refractivity contribution is -0.113. The van der Waals surface area contributed by atoms with Gasteiger partial charge < -0.3 is 15.2 Å². The van der Waals surface area contributed by atoms with E-state index in [0.29, 0.717) is 16.1 Å². The third kappa shape index (κ3) is 5.18. The molecule has 29 heavy (non-hydrogen) atoms. The summed E-state index contributed by atoms with van der Waals surface area (Å²) in [6, 6.07) is 5.75. The molecule has 0 fully saturated rings. The number of carbonyl (C=O) groups is 2. The number of aromatic nitrogens is 4. The molecule has 2 heterocycles. The van der Waals surface area contributed by atoms with Gasteiger partial charge in [-0.25, -0.2) is 9.37 Å². The third-order valence-corrected chi connectivity index (χ3v) is 6.07. The van der Waals surface area contributed by atoms with Crippen molar-refractivity contribution < 1.29 is 14.0 Å². The van der Waals surface area contributed by atoms with Crippen LogP contribution in [0.3, 0.4) is 0 Å². The van der Waals surface area contributed by atoms with Crippen molar-refractivity contribution in [3.8, 4) is 0 Å². The Morgan fingerprint density at radius 2 is 2.00 bits per heavy atom. The minimum atomic E-state index is -0.587. The van der Waals surface area contributed by atoms with Gasteiger partial charge in [0.2, 0.25) is 5.91 Å². The summed E-state index contributed by atoms with van der Waals surface area (Å²) < 4.78 is 15.3. The average Bonchev–Trinajstić information content (AvgIpc) is 3.19. The predicted octanol–water partition coefficient (Wildman–Crippen LogP) is 2.69. The molecule has 0 unspecified atom stereocenters. The van der Waals surface area contributed by atoms with Crippen LogP contribution >= 0.6 is 23.1 Å². The van der Waals surface area contributed by atoms with Crippen LogP contribution in [0.4, 0.5) is 9.52 Å². The number of carbonyl (C=O) groups excluding carboxylic acids is 2. The van der Waals surface area contributed by atoms with Crippen molar-refractivity contribution in [2.45, 2.75) is 25.5 Å². The maximum absolute atomic E-state index is 13.7. The number of benzene rings is 1. The van der Waals surface area contributed by atoms with E-state index in [2.05, 4.69) is 25.8 Å². The topological polar surface area (TPSA) is 102 Å². The number of thiazole rings is 1. The van der Waals surface area contributed by atoms with E-state index in [9.17, 15) is 14.0 Å². The molecule has 0 radical (unpaired) electrons. The lowest BCUT2D eigenvalue weighted by Crippen LogP contribution is -2.25. The van der Waals surface area contributed by atoms with Crippen molar-refractivity contribution in [3.63, 3.8) is 0 Å². The fraction of sp³-hybridized carbons (Fsp3) is 0.278. The first-order valence-corrected chi connectivity index (χ1v) is 10.4. The number of nitrogens with one attached hydrogen (secondary N) is 2. The Kier molecular flexibility index (Phi) is 6.60. The molecular weight excluding hydrogens is 415 g/mol. The fourth-order valence-corrected chi connectivity index (χ4v) is 3.90. The molecule has 2 aromatic heterocycles. The Hall–Kier alpha value is -2.79. The highest BCUT2D eigenvalue weighted by Crippen LogP contribution is 2.22. The largest absolute Gasteiger partial charge is 0.345 e. The van der Waals surface area contributed by atoms with Crippen molar-refractivity contribution in [3.05, 3.63) is 52.0 Å². The van der Waals surface area contributed by atoms with Crippen LogP contribution in [0.25, 0.3) is 0 Å².